The van der Waals surface area contributed by atoms with Gasteiger partial charge in [-0.3, -0.25) is 0 Å². The lowest BCUT2D eigenvalue weighted by atomic mass is 10.1. The monoisotopic (exact) mass is 363 g/mol. The standard InChI is InChI=1S/C18H17N7S/c1-3-7-13(8-4-1)14-11-16(25-17(21-14)19-12-20-25)26-18-23-22-15-9-5-2-6-10-24(15)18/h1,3-4,7-8,11-12H,2,5-6,9-10H2. The third-order valence-electron chi connectivity index (χ3n) is 4.56. The van der Waals surface area contributed by atoms with Crippen molar-refractivity contribution in [2.75, 3.05) is 0 Å². The quantitative estimate of drug-likeness (QED) is 0.520. The van der Waals surface area contributed by atoms with Crippen LogP contribution in [0, 0.1) is 0 Å². The van der Waals surface area contributed by atoms with Gasteiger partial charge < -0.3 is 4.57 Å². The number of aromatic nitrogens is 7. The smallest absolute Gasteiger partial charge is 0.253 e. The molecule has 1 aliphatic rings. The first-order valence-electron chi connectivity index (χ1n) is 8.74. The zero-order chi connectivity index (χ0) is 17.3. The van der Waals surface area contributed by atoms with E-state index in [0.717, 1.165) is 40.2 Å². The van der Waals surface area contributed by atoms with Crippen LogP contribution in [0.25, 0.3) is 17.0 Å². The molecule has 0 unspecified atom stereocenters. The van der Waals surface area contributed by atoms with Crippen molar-refractivity contribution in [2.24, 2.45) is 0 Å². The van der Waals surface area contributed by atoms with E-state index in [1.165, 1.54) is 25.6 Å². The summed E-state index contributed by atoms with van der Waals surface area (Å²) in [5.74, 6) is 1.67. The third-order valence-corrected chi connectivity index (χ3v) is 5.54. The summed E-state index contributed by atoms with van der Waals surface area (Å²) in [6.45, 7) is 0.974. The number of hydrogen-bond donors (Lipinski definition) is 0. The molecule has 26 heavy (non-hydrogen) atoms. The van der Waals surface area contributed by atoms with Crippen LogP contribution in [0.4, 0.5) is 0 Å². The average Bonchev–Trinajstić information content (AvgIpc) is 3.23. The average molecular weight is 363 g/mol. The van der Waals surface area contributed by atoms with Gasteiger partial charge in [0, 0.05) is 18.5 Å². The summed E-state index contributed by atoms with van der Waals surface area (Å²) >= 11 is 1.57. The largest absolute Gasteiger partial charge is 0.306 e. The molecule has 4 aromatic rings. The van der Waals surface area contributed by atoms with Gasteiger partial charge in [-0.25, -0.2) is 4.98 Å². The minimum absolute atomic E-state index is 0.587. The van der Waals surface area contributed by atoms with Gasteiger partial charge in [0.2, 0.25) is 0 Å². The van der Waals surface area contributed by atoms with Crippen molar-refractivity contribution in [1.29, 1.82) is 0 Å². The lowest BCUT2D eigenvalue weighted by Gasteiger charge is -2.09. The second kappa shape index (κ2) is 6.53. The normalized spacial score (nSPS) is 14.3. The molecule has 5 rings (SSSR count). The maximum atomic E-state index is 4.63. The molecule has 0 saturated heterocycles. The highest BCUT2D eigenvalue weighted by Crippen LogP contribution is 2.31. The summed E-state index contributed by atoms with van der Waals surface area (Å²) in [6.07, 6.45) is 6.13. The predicted octanol–water partition coefficient (Wildman–Crippen LogP) is 3.26. The fraction of sp³-hybridized carbons (Fsp3) is 0.278. The number of rotatable bonds is 3. The van der Waals surface area contributed by atoms with E-state index in [0.29, 0.717) is 5.78 Å². The Morgan fingerprint density at radius 3 is 2.85 bits per heavy atom. The SMILES string of the molecule is c1ccc(-c2cc(Sc3nnc4n3CCCCC4)n3ncnc3n2)cc1. The minimum Gasteiger partial charge on any atom is -0.306 e. The molecule has 1 aromatic carbocycles. The number of hydrogen-bond acceptors (Lipinski definition) is 6. The van der Waals surface area contributed by atoms with Crippen LogP contribution in [-0.4, -0.2) is 34.3 Å². The van der Waals surface area contributed by atoms with Gasteiger partial charge in [0.05, 0.1) is 5.69 Å². The Labute approximate surface area is 154 Å². The summed E-state index contributed by atoms with van der Waals surface area (Å²) < 4.78 is 4.00. The van der Waals surface area contributed by atoms with E-state index in [9.17, 15) is 0 Å². The molecule has 0 aliphatic carbocycles. The molecule has 0 N–H and O–H groups in total. The Bertz CT molecular complexity index is 1050. The highest BCUT2D eigenvalue weighted by molar-refractivity contribution is 7.99. The van der Waals surface area contributed by atoms with E-state index in [2.05, 4.69) is 29.8 Å². The van der Waals surface area contributed by atoms with Crippen LogP contribution in [0.5, 0.6) is 0 Å². The summed E-state index contributed by atoms with van der Waals surface area (Å²) in [5.41, 5.74) is 1.93. The van der Waals surface area contributed by atoms with Gasteiger partial charge in [-0.1, -0.05) is 36.8 Å². The third kappa shape index (κ3) is 2.76. The van der Waals surface area contributed by atoms with Gasteiger partial charge >= 0.3 is 0 Å². The molecule has 0 fully saturated rings. The van der Waals surface area contributed by atoms with Gasteiger partial charge in [0.1, 0.15) is 17.2 Å². The van der Waals surface area contributed by atoms with Crippen molar-refractivity contribution >= 4 is 17.5 Å². The maximum Gasteiger partial charge on any atom is 0.253 e. The van der Waals surface area contributed by atoms with Crippen LogP contribution < -0.4 is 0 Å². The van der Waals surface area contributed by atoms with Crippen LogP contribution in [0.15, 0.2) is 52.9 Å². The zero-order valence-corrected chi connectivity index (χ0v) is 14.9. The van der Waals surface area contributed by atoms with Crippen LogP contribution in [0.2, 0.25) is 0 Å². The molecule has 0 atom stereocenters. The Morgan fingerprint density at radius 2 is 1.92 bits per heavy atom. The van der Waals surface area contributed by atoms with E-state index in [-0.39, 0.29) is 0 Å². The lowest BCUT2D eigenvalue weighted by molar-refractivity contribution is 0.590. The molecule has 1 aliphatic heterocycles. The second-order valence-corrected chi connectivity index (χ2v) is 7.27. The highest BCUT2D eigenvalue weighted by atomic mass is 32.2. The molecular formula is C18H17N7S. The lowest BCUT2D eigenvalue weighted by Crippen LogP contribution is -2.03. The zero-order valence-electron chi connectivity index (χ0n) is 14.1. The predicted molar refractivity (Wildman–Crippen MR) is 97.9 cm³/mol. The Morgan fingerprint density at radius 1 is 1.00 bits per heavy atom. The Hall–Kier alpha value is -2.74. The summed E-state index contributed by atoms with van der Waals surface area (Å²) in [5, 5.41) is 15.0. The van der Waals surface area contributed by atoms with Crippen LogP contribution in [-0.2, 0) is 13.0 Å². The number of benzene rings is 1. The summed E-state index contributed by atoms with van der Waals surface area (Å²) in [6, 6.07) is 12.2. The molecule has 8 heteroatoms. The van der Waals surface area contributed by atoms with Gasteiger partial charge in [0.15, 0.2) is 5.16 Å². The van der Waals surface area contributed by atoms with E-state index in [1.54, 1.807) is 16.3 Å². The van der Waals surface area contributed by atoms with E-state index in [1.807, 2.05) is 36.4 Å². The molecule has 0 bridgehead atoms. The summed E-state index contributed by atoms with van der Waals surface area (Å²) in [4.78, 5) is 8.91. The first kappa shape index (κ1) is 15.5. The Balaban J connectivity index is 1.59. The highest BCUT2D eigenvalue weighted by Gasteiger charge is 2.18. The first-order chi connectivity index (χ1) is 12.9. The van der Waals surface area contributed by atoms with E-state index < -0.39 is 0 Å². The fourth-order valence-corrected chi connectivity index (χ4v) is 4.20. The molecule has 0 saturated carbocycles. The van der Waals surface area contributed by atoms with Gasteiger partial charge in [0.25, 0.3) is 5.78 Å². The van der Waals surface area contributed by atoms with Crippen molar-refractivity contribution in [1.82, 2.24) is 34.3 Å². The van der Waals surface area contributed by atoms with Gasteiger partial charge in [-0.15, -0.1) is 10.2 Å². The minimum atomic E-state index is 0.587. The number of nitrogens with zero attached hydrogens (tertiary/aromatic N) is 7. The van der Waals surface area contributed by atoms with Crippen molar-refractivity contribution in [2.45, 2.75) is 42.4 Å². The molecular weight excluding hydrogens is 346 g/mol. The van der Waals surface area contributed by atoms with Gasteiger partial charge in [-0.05, 0) is 30.7 Å². The molecule has 130 valence electrons. The van der Waals surface area contributed by atoms with E-state index >= 15 is 0 Å². The first-order valence-corrected chi connectivity index (χ1v) is 9.56. The van der Waals surface area contributed by atoms with Crippen molar-refractivity contribution in [3.63, 3.8) is 0 Å². The Kier molecular flexibility index (Phi) is 3.89. The molecule has 0 amide bonds. The van der Waals surface area contributed by atoms with Crippen molar-refractivity contribution in [3.05, 3.63) is 48.5 Å². The van der Waals surface area contributed by atoms with Gasteiger partial charge in [-0.2, -0.15) is 14.6 Å². The van der Waals surface area contributed by atoms with Crippen molar-refractivity contribution in [3.8, 4) is 11.3 Å². The van der Waals surface area contributed by atoms with Crippen LogP contribution in [0.3, 0.4) is 0 Å². The molecule has 7 nitrogen and oxygen atoms in total. The van der Waals surface area contributed by atoms with Crippen molar-refractivity contribution < 1.29 is 0 Å². The molecule has 3 aromatic heterocycles. The number of fused-ring (bicyclic) bond motifs is 2. The second-order valence-electron chi connectivity index (χ2n) is 6.28. The van der Waals surface area contributed by atoms with E-state index in [4.69, 9.17) is 0 Å². The molecule has 4 heterocycles. The fourth-order valence-electron chi connectivity index (χ4n) is 3.24. The van der Waals surface area contributed by atoms with Crippen LogP contribution in [0.1, 0.15) is 25.1 Å². The number of aryl methyl sites for hydroxylation is 1. The topological polar surface area (TPSA) is 73.8 Å². The molecule has 0 radical (unpaired) electrons. The maximum absolute atomic E-state index is 4.63. The van der Waals surface area contributed by atoms with Crippen LogP contribution >= 0.6 is 11.8 Å². The summed E-state index contributed by atoms with van der Waals surface area (Å²) in [7, 11) is 0. The molecule has 0 spiro atoms.